The van der Waals surface area contributed by atoms with E-state index in [2.05, 4.69) is 15.4 Å². The summed E-state index contributed by atoms with van der Waals surface area (Å²) < 4.78 is 24.9. The zero-order valence-electron chi connectivity index (χ0n) is 12.7. The van der Waals surface area contributed by atoms with Crippen molar-refractivity contribution >= 4 is 39.2 Å². The first kappa shape index (κ1) is 18.4. The molecule has 0 heterocycles. The fraction of sp³-hybridized carbons (Fsp3) is 0.308. The van der Waals surface area contributed by atoms with E-state index >= 15 is 0 Å². The van der Waals surface area contributed by atoms with Crippen molar-refractivity contribution in [2.24, 2.45) is 0 Å². The number of anilines is 2. The molecule has 0 fully saturated rings. The molecule has 10 heteroatoms. The third-order valence-corrected chi connectivity index (χ3v) is 3.19. The van der Waals surface area contributed by atoms with Crippen LogP contribution in [-0.2, 0) is 19.6 Å². The number of rotatable bonds is 6. The van der Waals surface area contributed by atoms with E-state index in [1.807, 2.05) is 0 Å². The van der Waals surface area contributed by atoms with Gasteiger partial charge in [0.15, 0.2) is 0 Å². The summed E-state index contributed by atoms with van der Waals surface area (Å²) in [7, 11) is -3.65. The molecule has 0 aliphatic heterocycles. The number of hydrogen-bond acceptors (Lipinski definition) is 5. The lowest BCUT2D eigenvalue weighted by atomic mass is 10.1. The first-order valence-electron chi connectivity index (χ1n) is 6.42. The van der Waals surface area contributed by atoms with Gasteiger partial charge in [-0.3, -0.25) is 19.1 Å². The van der Waals surface area contributed by atoms with E-state index in [0.29, 0.717) is 0 Å². The van der Waals surface area contributed by atoms with Gasteiger partial charge in [-0.25, -0.2) is 8.42 Å². The Morgan fingerprint density at radius 2 is 1.83 bits per heavy atom. The molecule has 0 aromatic heterocycles. The summed E-state index contributed by atoms with van der Waals surface area (Å²) in [6, 6.07) is 2.79. The molecule has 1 rings (SSSR count). The summed E-state index contributed by atoms with van der Waals surface area (Å²) in [5, 5.41) is 13.5. The second kappa shape index (κ2) is 7.09. The average Bonchev–Trinajstić information content (AvgIpc) is 2.37. The van der Waals surface area contributed by atoms with Gasteiger partial charge in [-0.05, 0) is 25.1 Å². The zero-order chi connectivity index (χ0) is 17.8. The van der Waals surface area contributed by atoms with Gasteiger partial charge in [-0.2, -0.15) is 0 Å². The number of carboxylic acids is 1. The number of sulfonamides is 1. The van der Waals surface area contributed by atoms with Gasteiger partial charge in [0.1, 0.15) is 6.04 Å². The fourth-order valence-electron chi connectivity index (χ4n) is 1.64. The SMILES string of the molecule is CC(=O)Nc1ccc(NS(C)(=O)=O)c(C(=O)N[C@@H](C)C(=O)O)c1. The van der Waals surface area contributed by atoms with E-state index in [0.717, 1.165) is 6.26 Å². The monoisotopic (exact) mass is 343 g/mol. The molecule has 1 aromatic rings. The molecule has 0 aliphatic rings. The summed E-state index contributed by atoms with van der Waals surface area (Å²) in [5.74, 6) is -2.41. The molecule has 0 aliphatic carbocycles. The standard InChI is InChI=1S/C13H17N3O6S/c1-7(13(19)20)14-12(18)10-6-9(15-8(2)17)4-5-11(10)16-23(3,21)22/h4-7,16H,1-3H3,(H,14,18)(H,15,17)(H,19,20)/t7-/m0/s1. The first-order valence-corrected chi connectivity index (χ1v) is 8.32. The molecular formula is C13H17N3O6S. The van der Waals surface area contributed by atoms with Crippen molar-refractivity contribution in [1.29, 1.82) is 0 Å². The normalized spacial score (nSPS) is 12.1. The Morgan fingerprint density at radius 1 is 1.22 bits per heavy atom. The maximum Gasteiger partial charge on any atom is 0.325 e. The topological polar surface area (TPSA) is 142 Å². The van der Waals surface area contributed by atoms with Gasteiger partial charge in [-0.1, -0.05) is 0 Å². The van der Waals surface area contributed by atoms with Crippen molar-refractivity contribution < 1.29 is 27.9 Å². The molecule has 0 unspecified atom stereocenters. The summed E-state index contributed by atoms with van der Waals surface area (Å²) in [4.78, 5) is 34.1. The second-order valence-electron chi connectivity index (χ2n) is 4.85. The average molecular weight is 343 g/mol. The lowest BCUT2D eigenvalue weighted by Gasteiger charge is -2.14. The molecule has 2 amide bonds. The van der Waals surface area contributed by atoms with Gasteiger partial charge in [0.05, 0.1) is 17.5 Å². The summed E-state index contributed by atoms with van der Waals surface area (Å²) in [5.41, 5.74) is 0.121. The van der Waals surface area contributed by atoms with Crippen LogP contribution in [0.25, 0.3) is 0 Å². The minimum absolute atomic E-state index is 0.0308. The van der Waals surface area contributed by atoms with Gasteiger partial charge in [0.25, 0.3) is 5.91 Å². The highest BCUT2D eigenvalue weighted by molar-refractivity contribution is 7.92. The highest BCUT2D eigenvalue weighted by Crippen LogP contribution is 2.22. The minimum atomic E-state index is -3.65. The van der Waals surface area contributed by atoms with Crippen LogP contribution >= 0.6 is 0 Å². The van der Waals surface area contributed by atoms with Crippen LogP contribution in [0.15, 0.2) is 18.2 Å². The van der Waals surface area contributed by atoms with Crippen LogP contribution in [0.5, 0.6) is 0 Å². The number of amides is 2. The predicted molar refractivity (Wildman–Crippen MR) is 83.8 cm³/mol. The van der Waals surface area contributed by atoms with Gasteiger partial charge in [-0.15, -0.1) is 0 Å². The number of carbonyl (C=O) groups is 3. The minimum Gasteiger partial charge on any atom is -0.480 e. The molecule has 0 saturated heterocycles. The molecule has 1 atom stereocenters. The van der Waals surface area contributed by atoms with Crippen LogP contribution in [0.1, 0.15) is 24.2 Å². The Hall–Kier alpha value is -2.62. The molecule has 0 saturated carbocycles. The van der Waals surface area contributed by atoms with Crippen LogP contribution < -0.4 is 15.4 Å². The van der Waals surface area contributed by atoms with Crippen LogP contribution in [0.4, 0.5) is 11.4 Å². The van der Waals surface area contributed by atoms with E-state index < -0.39 is 27.9 Å². The number of aliphatic carboxylic acids is 1. The largest absolute Gasteiger partial charge is 0.480 e. The van der Waals surface area contributed by atoms with Crippen molar-refractivity contribution in [1.82, 2.24) is 5.32 Å². The quantitative estimate of drug-likeness (QED) is 0.582. The number of benzene rings is 1. The zero-order valence-corrected chi connectivity index (χ0v) is 13.5. The van der Waals surface area contributed by atoms with Gasteiger partial charge >= 0.3 is 5.97 Å². The number of carbonyl (C=O) groups excluding carboxylic acids is 2. The van der Waals surface area contributed by atoms with E-state index in [1.165, 1.54) is 32.0 Å². The predicted octanol–water partition coefficient (Wildman–Crippen LogP) is 0.219. The molecule has 0 spiro atoms. The van der Waals surface area contributed by atoms with Gasteiger partial charge in [0, 0.05) is 12.6 Å². The van der Waals surface area contributed by atoms with Crippen molar-refractivity contribution in [3.05, 3.63) is 23.8 Å². The van der Waals surface area contributed by atoms with E-state index in [9.17, 15) is 22.8 Å². The van der Waals surface area contributed by atoms with Crippen molar-refractivity contribution in [3.8, 4) is 0 Å². The Kier molecular flexibility index (Phi) is 5.68. The van der Waals surface area contributed by atoms with E-state index in [1.54, 1.807) is 0 Å². The Labute approximate surface area is 133 Å². The number of carboxylic acid groups (broad SMARTS) is 1. The molecule has 0 radical (unpaired) electrons. The maximum atomic E-state index is 12.2. The van der Waals surface area contributed by atoms with E-state index in [-0.39, 0.29) is 22.8 Å². The van der Waals surface area contributed by atoms with Gasteiger partial charge < -0.3 is 15.7 Å². The molecule has 1 aromatic carbocycles. The molecule has 4 N–H and O–H groups in total. The Bertz CT molecular complexity index is 744. The lowest BCUT2D eigenvalue weighted by Crippen LogP contribution is -2.38. The van der Waals surface area contributed by atoms with Crippen LogP contribution in [0.3, 0.4) is 0 Å². The Balaban J connectivity index is 3.23. The highest BCUT2D eigenvalue weighted by atomic mass is 32.2. The van der Waals surface area contributed by atoms with Crippen LogP contribution in [-0.4, -0.2) is 43.6 Å². The maximum absolute atomic E-state index is 12.2. The van der Waals surface area contributed by atoms with Crippen molar-refractivity contribution in [3.63, 3.8) is 0 Å². The molecule has 126 valence electrons. The molecule has 23 heavy (non-hydrogen) atoms. The van der Waals surface area contributed by atoms with Gasteiger partial charge in [0.2, 0.25) is 15.9 Å². The fourth-order valence-corrected chi connectivity index (χ4v) is 2.22. The first-order chi connectivity index (χ1) is 10.5. The molecule has 9 nitrogen and oxygen atoms in total. The number of nitrogens with one attached hydrogen (secondary N) is 3. The van der Waals surface area contributed by atoms with Crippen LogP contribution in [0, 0.1) is 0 Å². The highest BCUT2D eigenvalue weighted by Gasteiger charge is 2.20. The summed E-state index contributed by atoms with van der Waals surface area (Å²) >= 11 is 0. The van der Waals surface area contributed by atoms with Crippen molar-refractivity contribution in [2.45, 2.75) is 19.9 Å². The smallest absolute Gasteiger partial charge is 0.325 e. The third kappa shape index (κ3) is 5.94. The van der Waals surface area contributed by atoms with Crippen molar-refractivity contribution in [2.75, 3.05) is 16.3 Å². The second-order valence-corrected chi connectivity index (χ2v) is 6.60. The summed E-state index contributed by atoms with van der Waals surface area (Å²) in [6.07, 6.45) is 0.913. The Morgan fingerprint density at radius 3 is 2.30 bits per heavy atom. The lowest BCUT2D eigenvalue weighted by molar-refractivity contribution is -0.138. The number of hydrogen-bond donors (Lipinski definition) is 4. The molecule has 0 bridgehead atoms. The third-order valence-electron chi connectivity index (χ3n) is 2.60. The van der Waals surface area contributed by atoms with Crippen LogP contribution in [0.2, 0.25) is 0 Å². The van der Waals surface area contributed by atoms with E-state index in [4.69, 9.17) is 5.11 Å². The summed E-state index contributed by atoms with van der Waals surface area (Å²) in [6.45, 7) is 2.54. The molecular weight excluding hydrogens is 326 g/mol.